The number of allylic oxidation sites excluding steroid dienone is 4. The number of carbonyl (C=O) groups excluding carboxylic acids is 2. The van der Waals surface area contributed by atoms with Gasteiger partial charge in [-0.2, -0.15) is 0 Å². The predicted octanol–water partition coefficient (Wildman–Crippen LogP) is 25.7. The highest BCUT2D eigenvalue weighted by molar-refractivity contribution is 5.76. The Bertz CT molecular complexity index is 1330. The first-order valence-corrected chi connectivity index (χ1v) is 39.1. The number of aliphatic hydroxyl groups excluding tert-OH is 2. The van der Waals surface area contributed by atoms with Crippen LogP contribution in [0.3, 0.4) is 0 Å². The van der Waals surface area contributed by atoms with E-state index in [1.165, 1.54) is 366 Å². The fraction of sp³-hybridized carbons (Fsp3) is 0.924. The standard InChI is InChI=1S/C79H153NO5/c1-3-5-7-9-11-13-15-17-19-21-41-45-49-53-57-61-65-69-73-79(84)85-74-70-66-62-58-54-50-46-42-38-36-34-32-30-28-26-24-22-23-25-27-29-31-33-35-37-40-44-48-52-56-60-64-68-72-78(83)80-76(75-81)77(82)71-67-63-59-55-51-47-43-39-20-18-16-14-12-10-8-6-4-2/h19,21,26,28,76-77,81-82H,3-18,20,22-25,27,29-75H2,1-2H3,(H,80,83)/b21-19-,28-26-. The molecule has 0 aromatic rings. The van der Waals surface area contributed by atoms with Crippen molar-refractivity contribution in [2.75, 3.05) is 13.2 Å². The fourth-order valence-electron chi connectivity index (χ4n) is 12.5. The van der Waals surface area contributed by atoms with E-state index in [1.807, 2.05) is 0 Å². The second-order valence-electron chi connectivity index (χ2n) is 27.0. The van der Waals surface area contributed by atoms with E-state index in [-0.39, 0.29) is 18.5 Å². The van der Waals surface area contributed by atoms with Crippen LogP contribution in [0.2, 0.25) is 0 Å². The Morgan fingerprint density at radius 1 is 0.318 bits per heavy atom. The molecule has 2 atom stereocenters. The molecule has 0 saturated heterocycles. The van der Waals surface area contributed by atoms with Crippen molar-refractivity contribution in [2.45, 2.75) is 456 Å². The van der Waals surface area contributed by atoms with Gasteiger partial charge < -0.3 is 20.3 Å². The van der Waals surface area contributed by atoms with Gasteiger partial charge in [-0.25, -0.2) is 0 Å². The molecule has 0 rings (SSSR count). The summed E-state index contributed by atoms with van der Waals surface area (Å²) in [7, 11) is 0. The number of hydrogen-bond acceptors (Lipinski definition) is 5. The molecule has 85 heavy (non-hydrogen) atoms. The third-order valence-electron chi connectivity index (χ3n) is 18.5. The SMILES string of the molecule is CCCCCCCCC/C=C\CCCCCCCCCC(=O)OCCCCCCCCCCCCCC/C=C\CCCCCCCCCCCCCCCCCCCC(=O)NC(CO)C(O)CCCCCCCCCCCCCCCCCCC. The maximum atomic E-state index is 12.5. The molecule has 0 aliphatic carbocycles. The van der Waals surface area contributed by atoms with Crippen LogP contribution in [0.5, 0.6) is 0 Å². The molecule has 0 aliphatic heterocycles. The molecule has 6 heteroatoms. The minimum atomic E-state index is -0.662. The zero-order valence-electron chi connectivity index (χ0n) is 57.9. The highest BCUT2D eigenvalue weighted by Crippen LogP contribution is 2.20. The molecule has 0 heterocycles. The van der Waals surface area contributed by atoms with Gasteiger partial charge in [-0.15, -0.1) is 0 Å². The molecule has 0 saturated carbocycles. The van der Waals surface area contributed by atoms with E-state index in [9.17, 15) is 19.8 Å². The van der Waals surface area contributed by atoms with Crippen molar-refractivity contribution in [2.24, 2.45) is 0 Å². The Morgan fingerprint density at radius 3 is 0.835 bits per heavy atom. The van der Waals surface area contributed by atoms with Gasteiger partial charge in [0, 0.05) is 12.8 Å². The lowest BCUT2D eigenvalue weighted by Crippen LogP contribution is -2.45. The van der Waals surface area contributed by atoms with Gasteiger partial charge in [0.05, 0.1) is 25.4 Å². The first-order valence-electron chi connectivity index (χ1n) is 39.1. The molecule has 0 aromatic carbocycles. The quantitative estimate of drug-likeness (QED) is 0.0320. The molecule has 0 bridgehead atoms. The van der Waals surface area contributed by atoms with Crippen molar-refractivity contribution in [3.63, 3.8) is 0 Å². The third-order valence-corrected chi connectivity index (χ3v) is 18.5. The van der Waals surface area contributed by atoms with Crippen molar-refractivity contribution in [1.29, 1.82) is 0 Å². The van der Waals surface area contributed by atoms with Gasteiger partial charge >= 0.3 is 5.97 Å². The first-order chi connectivity index (χ1) is 42.0. The lowest BCUT2D eigenvalue weighted by Gasteiger charge is -2.22. The minimum Gasteiger partial charge on any atom is -0.466 e. The summed E-state index contributed by atoms with van der Waals surface area (Å²) in [5.41, 5.74) is 0. The van der Waals surface area contributed by atoms with Crippen LogP contribution in [0.25, 0.3) is 0 Å². The molecule has 0 spiro atoms. The third kappa shape index (κ3) is 71.3. The van der Waals surface area contributed by atoms with E-state index < -0.39 is 12.1 Å². The maximum Gasteiger partial charge on any atom is 0.305 e. The second kappa shape index (κ2) is 74.8. The summed E-state index contributed by atoms with van der Waals surface area (Å²) in [5, 5.41) is 23.4. The average molecular weight is 1200 g/mol. The Hall–Kier alpha value is -1.66. The van der Waals surface area contributed by atoms with Gasteiger partial charge in [0.2, 0.25) is 5.91 Å². The Morgan fingerprint density at radius 2 is 0.553 bits per heavy atom. The van der Waals surface area contributed by atoms with Crippen LogP contribution in [-0.2, 0) is 14.3 Å². The average Bonchev–Trinajstić information content (AvgIpc) is 3.50. The molecule has 2 unspecified atom stereocenters. The molecule has 3 N–H and O–H groups in total. The molecule has 6 nitrogen and oxygen atoms in total. The van der Waals surface area contributed by atoms with Crippen molar-refractivity contribution in [1.82, 2.24) is 5.32 Å². The number of unbranched alkanes of at least 4 members (excludes halogenated alkanes) is 59. The lowest BCUT2D eigenvalue weighted by atomic mass is 10.0. The van der Waals surface area contributed by atoms with Crippen molar-refractivity contribution < 1.29 is 24.5 Å². The summed E-state index contributed by atoms with van der Waals surface area (Å²) in [5.74, 6) is -0.0109. The molecule has 0 aromatic heterocycles. The van der Waals surface area contributed by atoms with E-state index in [1.54, 1.807) is 0 Å². The molecule has 0 radical (unpaired) electrons. The number of esters is 1. The van der Waals surface area contributed by atoms with Crippen LogP contribution < -0.4 is 5.32 Å². The monoisotopic (exact) mass is 1200 g/mol. The van der Waals surface area contributed by atoms with E-state index in [0.29, 0.717) is 25.9 Å². The highest BCUT2D eigenvalue weighted by Gasteiger charge is 2.20. The van der Waals surface area contributed by atoms with E-state index in [0.717, 1.165) is 44.9 Å². The summed E-state index contributed by atoms with van der Waals surface area (Å²) in [6.07, 6.45) is 95.5. The van der Waals surface area contributed by atoms with Crippen LogP contribution in [0.1, 0.15) is 444 Å². The number of ether oxygens (including phenoxy) is 1. The topological polar surface area (TPSA) is 95.9 Å². The first kappa shape index (κ1) is 83.3. The zero-order chi connectivity index (χ0) is 61.3. The van der Waals surface area contributed by atoms with E-state index >= 15 is 0 Å². The van der Waals surface area contributed by atoms with Gasteiger partial charge in [-0.3, -0.25) is 9.59 Å². The Labute approximate surface area is 532 Å². The Balaban J connectivity index is 3.34. The number of hydrogen-bond donors (Lipinski definition) is 3. The van der Waals surface area contributed by atoms with Crippen LogP contribution >= 0.6 is 0 Å². The number of amides is 1. The maximum absolute atomic E-state index is 12.5. The minimum absolute atomic E-state index is 0.0168. The van der Waals surface area contributed by atoms with Crippen LogP contribution in [0, 0.1) is 0 Å². The van der Waals surface area contributed by atoms with Gasteiger partial charge in [0.1, 0.15) is 0 Å². The van der Waals surface area contributed by atoms with Gasteiger partial charge in [-0.05, 0) is 77.0 Å². The predicted molar refractivity (Wildman–Crippen MR) is 375 cm³/mol. The molecule has 504 valence electrons. The molecule has 0 aliphatic rings. The normalized spacial score (nSPS) is 12.6. The van der Waals surface area contributed by atoms with Crippen molar-refractivity contribution >= 4 is 11.9 Å². The molecular formula is C79H153NO5. The molecule has 0 fully saturated rings. The second-order valence-corrected chi connectivity index (χ2v) is 27.0. The number of carbonyl (C=O) groups is 2. The number of rotatable bonds is 74. The van der Waals surface area contributed by atoms with Gasteiger partial charge in [0.25, 0.3) is 0 Å². The van der Waals surface area contributed by atoms with Gasteiger partial charge in [0.15, 0.2) is 0 Å². The molecular weight excluding hydrogens is 1040 g/mol. The number of aliphatic hydroxyl groups is 2. The summed E-state index contributed by atoms with van der Waals surface area (Å²) in [6.45, 7) is 5.00. The summed E-state index contributed by atoms with van der Waals surface area (Å²) in [4.78, 5) is 24.7. The number of nitrogens with one attached hydrogen (secondary N) is 1. The van der Waals surface area contributed by atoms with E-state index in [4.69, 9.17) is 4.74 Å². The van der Waals surface area contributed by atoms with Crippen LogP contribution in [0.4, 0.5) is 0 Å². The van der Waals surface area contributed by atoms with Crippen LogP contribution in [-0.4, -0.2) is 47.4 Å². The summed E-state index contributed by atoms with van der Waals surface area (Å²) >= 11 is 0. The zero-order valence-corrected chi connectivity index (χ0v) is 57.9. The summed E-state index contributed by atoms with van der Waals surface area (Å²) < 4.78 is 5.51. The van der Waals surface area contributed by atoms with Crippen molar-refractivity contribution in [3.8, 4) is 0 Å². The van der Waals surface area contributed by atoms with Gasteiger partial charge in [-0.1, -0.05) is 378 Å². The summed E-state index contributed by atoms with van der Waals surface area (Å²) in [6, 6.07) is -0.539. The Kier molecular flexibility index (Phi) is 73.3. The fourth-order valence-corrected chi connectivity index (χ4v) is 12.5. The molecule has 1 amide bonds. The highest BCUT2D eigenvalue weighted by atomic mass is 16.5. The van der Waals surface area contributed by atoms with E-state index in [2.05, 4.69) is 43.5 Å². The smallest absolute Gasteiger partial charge is 0.305 e. The van der Waals surface area contributed by atoms with Crippen LogP contribution in [0.15, 0.2) is 24.3 Å². The lowest BCUT2D eigenvalue weighted by molar-refractivity contribution is -0.143. The largest absolute Gasteiger partial charge is 0.466 e. The van der Waals surface area contributed by atoms with Crippen molar-refractivity contribution in [3.05, 3.63) is 24.3 Å².